The van der Waals surface area contributed by atoms with Gasteiger partial charge in [-0.05, 0) is 52.7 Å². The highest BCUT2D eigenvalue weighted by atomic mass is 32.2. The minimum absolute atomic E-state index is 0.00358. The lowest BCUT2D eigenvalue weighted by molar-refractivity contribution is -0.177. The van der Waals surface area contributed by atoms with E-state index in [1.54, 1.807) is 0 Å². The van der Waals surface area contributed by atoms with Gasteiger partial charge >= 0.3 is 0 Å². The summed E-state index contributed by atoms with van der Waals surface area (Å²) in [5.41, 5.74) is -0.643. The Morgan fingerprint density at radius 1 is 1.09 bits per heavy atom. The zero-order valence-electron chi connectivity index (χ0n) is 13.7. The van der Waals surface area contributed by atoms with Gasteiger partial charge in [0.1, 0.15) is 5.78 Å². The summed E-state index contributed by atoms with van der Waals surface area (Å²) in [7, 11) is 0. The Balaban J connectivity index is 1.95. The molecule has 0 amide bonds. The van der Waals surface area contributed by atoms with Crippen molar-refractivity contribution in [3.05, 3.63) is 30.3 Å². The second-order valence-corrected chi connectivity index (χ2v) is 8.29. The van der Waals surface area contributed by atoms with Crippen molar-refractivity contribution < 1.29 is 14.3 Å². The van der Waals surface area contributed by atoms with E-state index in [-0.39, 0.29) is 34.4 Å². The number of carbonyl (C=O) groups excluding carboxylic acids is 2. The standard InChI is InChI=1S/C18H24O3S/c1-17(2)11-13(12-18(3,4)21-17)15(19)10-16(20)22-14-8-6-5-7-9-14/h5-9,13H,10-12H2,1-4H3. The zero-order chi connectivity index (χ0) is 16.4. The minimum Gasteiger partial charge on any atom is -0.370 e. The Morgan fingerprint density at radius 3 is 2.18 bits per heavy atom. The predicted molar refractivity (Wildman–Crippen MR) is 88.9 cm³/mol. The van der Waals surface area contributed by atoms with E-state index < -0.39 is 0 Å². The topological polar surface area (TPSA) is 43.4 Å². The summed E-state index contributed by atoms with van der Waals surface area (Å²) < 4.78 is 6.00. The first-order valence-corrected chi connectivity index (χ1v) is 8.47. The van der Waals surface area contributed by atoms with Crippen molar-refractivity contribution in [3.63, 3.8) is 0 Å². The highest BCUT2D eigenvalue weighted by molar-refractivity contribution is 8.13. The third-order valence-corrected chi connectivity index (χ3v) is 4.66. The Kier molecular flexibility index (Phi) is 5.13. The normalized spacial score (nSPS) is 20.5. The monoisotopic (exact) mass is 320 g/mol. The van der Waals surface area contributed by atoms with Crippen LogP contribution in [0, 0.1) is 5.92 Å². The van der Waals surface area contributed by atoms with Gasteiger partial charge in [0.05, 0.1) is 17.6 Å². The summed E-state index contributed by atoms with van der Waals surface area (Å²) in [6.07, 6.45) is 1.35. The molecule has 0 bridgehead atoms. The van der Waals surface area contributed by atoms with Crippen molar-refractivity contribution >= 4 is 22.7 Å². The molecule has 0 aliphatic carbocycles. The summed E-state index contributed by atoms with van der Waals surface area (Å²) in [6, 6.07) is 9.45. The van der Waals surface area contributed by atoms with E-state index in [1.807, 2.05) is 58.0 Å². The van der Waals surface area contributed by atoms with E-state index in [9.17, 15) is 9.59 Å². The average molecular weight is 320 g/mol. The molecule has 1 saturated heterocycles. The van der Waals surface area contributed by atoms with Crippen molar-refractivity contribution in [1.82, 2.24) is 0 Å². The van der Waals surface area contributed by atoms with Gasteiger partial charge in [-0.1, -0.05) is 30.0 Å². The fourth-order valence-corrected chi connectivity index (χ4v) is 4.03. The molecule has 120 valence electrons. The fraction of sp³-hybridized carbons (Fsp3) is 0.556. The van der Waals surface area contributed by atoms with Gasteiger partial charge in [0.25, 0.3) is 0 Å². The molecule has 0 atom stereocenters. The smallest absolute Gasteiger partial charge is 0.201 e. The molecule has 0 unspecified atom stereocenters. The molecular weight excluding hydrogens is 296 g/mol. The summed E-state index contributed by atoms with van der Waals surface area (Å²) in [5.74, 6) is -0.0584. The second kappa shape index (κ2) is 6.55. The Morgan fingerprint density at radius 2 is 1.64 bits per heavy atom. The third kappa shape index (κ3) is 4.96. The van der Waals surface area contributed by atoms with Crippen molar-refractivity contribution in [3.8, 4) is 0 Å². The lowest BCUT2D eigenvalue weighted by atomic mass is 9.78. The first-order valence-electron chi connectivity index (χ1n) is 7.65. The summed E-state index contributed by atoms with van der Waals surface area (Å²) in [6.45, 7) is 8.03. The number of hydrogen-bond donors (Lipinski definition) is 0. The van der Waals surface area contributed by atoms with Crippen LogP contribution in [0.25, 0.3) is 0 Å². The van der Waals surface area contributed by atoms with Crippen LogP contribution in [-0.4, -0.2) is 22.1 Å². The molecule has 1 aliphatic heterocycles. The van der Waals surface area contributed by atoms with Crippen LogP contribution in [0.2, 0.25) is 0 Å². The van der Waals surface area contributed by atoms with Crippen molar-refractivity contribution in [2.75, 3.05) is 0 Å². The number of hydrogen-bond acceptors (Lipinski definition) is 4. The van der Waals surface area contributed by atoms with Gasteiger partial charge in [-0.25, -0.2) is 0 Å². The molecule has 1 aromatic rings. The predicted octanol–water partition coefficient (Wildman–Crippen LogP) is 4.25. The van der Waals surface area contributed by atoms with E-state index >= 15 is 0 Å². The molecular formula is C18H24O3S. The number of rotatable bonds is 4. The van der Waals surface area contributed by atoms with Crippen LogP contribution in [0.1, 0.15) is 47.0 Å². The molecule has 1 fully saturated rings. The quantitative estimate of drug-likeness (QED) is 0.614. The largest absolute Gasteiger partial charge is 0.370 e. The van der Waals surface area contributed by atoms with Crippen LogP contribution >= 0.6 is 11.8 Å². The number of thioether (sulfide) groups is 1. The van der Waals surface area contributed by atoms with Gasteiger partial charge in [-0.3, -0.25) is 9.59 Å². The molecule has 0 N–H and O–H groups in total. The number of Topliss-reactive ketones (excluding diaryl/α,β-unsaturated/α-hetero) is 1. The first-order chi connectivity index (χ1) is 10.2. The molecule has 22 heavy (non-hydrogen) atoms. The van der Waals surface area contributed by atoms with Gasteiger partial charge in [0.2, 0.25) is 5.12 Å². The van der Waals surface area contributed by atoms with E-state index in [2.05, 4.69) is 0 Å². The maximum Gasteiger partial charge on any atom is 0.201 e. The zero-order valence-corrected chi connectivity index (χ0v) is 14.5. The van der Waals surface area contributed by atoms with Gasteiger partial charge in [-0.15, -0.1) is 0 Å². The lowest BCUT2D eigenvalue weighted by Gasteiger charge is -2.44. The van der Waals surface area contributed by atoms with Crippen LogP contribution in [0.5, 0.6) is 0 Å². The summed E-state index contributed by atoms with van der Waals surface area (Å²) >= 11 is 1.14. The maximum atomic E-state index is 12.5. The molecule has 2 rings (SSSR count). The maximum absolute atomic E-state index is 12.5. The molecule has 1 heterocycles. The number of ketones is 1. The number of ether oxygens (including phenoxy) is 1. The van der Waals surface area contributed by atoms with Crippen LogP contribution in [0.4, 0.5) is 0 Å². The SMILES string of the molecule is CC1(C)CC(C(=O)CC(=O)Sc2ccccc2)CC(C)(C)O1. The van der Waals surface area contributed by atoms with E-state index in [1.165, 1.54) is 0 Å². The molecule has 1 aromatic carbocycles. The highest BCUT2D eigenvalue weighted by Crippen LogP contribution is 2.39. The van der Waals surface area contributed by atoms with Crippen molar-refractivity contribution in [2.24, 2.45) is 5.92 Å². The molecule has 0 saturated carbocycles. The molecule has 1 aliphatic rings. The third-order valence-electron chi connectivity index (χ3n) is 3.78. The van der Waals surface area contributed by atoms with Crippen molar-refractivity contribution in [1.29, 1.82) is 0 Å². The number of benzene rings is 1. The van der Waals surface area contributed by atoms with Crippen molar-refractivity contribution in [2.45, 2.75) is 63.1 Å². The van der Waals surface area contributed by atoms with Crippen LogP contribution in [0.3, 0.4) is 0 Å². The Hall–Kier alpha value is -1.13. The van der Waals surface area contributed by atoms with Crippen LogP contribution < -0.4 is 0 Å². The van der Waals surface area contributed by atoms with Gasteiger partial charge in [-0.2, -0.15) is 0 Å². The van der Waals surface area contributed by atoms with Gasteiger partial charge < -0.3 is 4.74 Å². The van der Waals surface area contributed by atoms with Crippen LogP contribution in [0.15, 0.2) is 35.2 Å². The Labute approximate surface area is 136 Å². The van der Waals surface area contributed by atoms with E-state index in [0.29, 0.717) is 12.8 Å². The lowest BCUT2D eigenvalue weighted by Crippen LogP contribution is -2.47. The van der Waals surface area contributed by atoms with Crippen LogP contribution in [-0.2, 0) is 14.3 Å². The molecule has 3 nitrogen and oxygen atoms in total. The molecule has 0 aromatic heterocycles. The molecule has 0 radical (unpaired) electrons. The molecule has 0 spiro atoms. The summed E-state index contributed by atoms with van der Waals surface area (Å²) in [5, 5.41) is -0.0849. The number of carbonyl (C=O) groups is 2. The average Bonchev–Trinajstić information content (AvgIpc) is 2.36. The fourth-order valence-electron chi connectivity index (χ4n) is 3.26. The second-order valence-electron chi connectivity index (χ2n) is 7.16. The first kappa shape index (κ1) is 17.2. The molecule has 4 heteroatoms. The van der Waals surface area contributed by atoms with Gasteiger partial charge in [0.15, 0.2) is 0 Å². The van der Waals surface area contributed by atoms with E-state index in [4.69, 9.17) is 4.74 Å². The van der Waals surface area contributed by atoms with E-state index in [0.717, 1.165) is 16.7 Å². The highest BCUT2D eigenvalue weighted by Gasteiger charge is 2.42. The minimum atomic E-state index is -0.322. The Bertz CT molecular complexity index is 533. The summed E-state index contributed by atoms with van der Waals surface area (Å²) in [4.78, 5) is 25.5. The van der Waals surface area contributed by atoms with Gasteiger partial charge in [0, 0.05) is 10.8 Å².